The van der Waals surface area contributed by atoms with Gasteiger partial charge in [0, 0.05) is 11.1 Å². The Kier molecular flexibility index (Phi) is 3.57. The fourth-order valence-electron chi connectivity index (χ4n) is 4.42. The number of benzene rings is 5. The van der Waals surface area contributed by atoms with Crippen LogP contribution in [0.3, 0.4) is 0 Å². The maximum atomic E-state index is 4.71. The Labute approximate surface area is 169 Å². The fraction of sp³-hybridized carbons (Fsp3) is 0.0370. The first-order valence-corrected chi connectivity index (χ1v) is 9.93. The minimum absolute atomic E-state index is 0.836. The quantitative estimate of drug-likeness (QED) is 0.276. The highest BCUT2D eigenvalue weighted by Gasteiger charge is 2.14. The second-order valence-electron chi connectivity index (χ2n) is 7.57. The zero-order valence-corrected chi connectivity index (χ0v) is 15.9. The van der Waals surface area contributed by atoms with Crippen molar-refractivity contribution in [2.24, 2.45) is 0 Å². The van der Waals surface area contributed by atoms with Gasteiger partial charge in [0.15, 0.2) is 18.9 Å². The van der Waals surface area contributed by atoms with Gasteiger partial charge in [-0.25, -0.2) is 4.98 Å². The van der Waals surface area contributed by atoms with Gasteiger partial charge < -0.3 is 0 Å². The van der Waals surface area contributed by atoms with Crippen molar-refractivity contribution in [3.63, 3.8) is 0 Å². The van der Waals surface area contributed by atoms with E-state index in [4.69, 9.17) is 4.98 Å². The monoisotopic (exact) mass is 371 g/mol. The van der Waals surface area contributed by atoms with E-state index < -0.39 is 0 Å². The molecule has 0 aliphatic rings. The van der Waals surface area contributed by atoms with Crippen molar-refractivity contribution in [1.82, 2.24) is 4.98 Å². The van der Waals surface area contributed by atoms with Crippen LogP contribution in [0.5, 0.6) is 0 Å². The van der Waals surface area contributed by atoms with E-state index in [0.29, 0.717) is 0 Å². The SMILES string of the molecule is c1ccc(C[n+]2ccnc(-c3ccc4ccc5cccc6ccc3c4c56)c2)cc1. The van der Waals surface area contributed by atoms with Gasteiger partial charge in [-0.05, 0) is 32.3 Å². The molecule has 0 atom stereocenters. The Morgan fingerprint density at radius 2 is 1.38 bits per heavy atom. The van der Waals surface area contributed by atoms with Gasteiger partial charge in [-0.15, -0.1) is 0 Å². The van der Waals surface area contributed by atoms with Crippen molar-refractivity contribution in [2.45, 2.75) is 6.54 Å². The molecule has 2 nitrogen and oxygen atoms in total. The normalized spacial score (nSPS) is 11.6. The number of aromatic nitrogens is 2. The summed E-state index contributed by atoms with van der Waals surface area (Å²) in [5.74, 6) is 0. The average Bonchev–Trinajstić information content (AvgIpc) is 2.78. The van der Waals surface area contributed by atoms with Gasteiger partial charge in [-0.2, -0.15) is 4.57 Å². The summed E-state index contributed by atoms with van der Waals surface area (Å²) in [6, 6.07) is 30.4. The molecule has 2 heteroatoms. The molecule has 0 saturated heterocycles. The molecule has 6 rings (SSSR count). The summed E-state index contributed by atoms with van der Waals surface area (Å²) in [6.07, 6.45) is 6.09. The standard InChI is InChI=1S/C27H19N2/c1-2-5-19(6-3-1)17-29-16-15-28-25(18-29)23-13-11-22-10-9-20-7-4-8-21-12-14-24(23)27(22)26(20)21/h1-16,18H,17H2/q+1. The average molecular weight is 371 g/mol. The minimum Gasteiger partial charge on any atom is -0.244 e. The minimum atomic E-state index is 0.836. The number of hydrogen-bond donors (Lipinski definition) is 0. The maximum Gasteiger partial charge on any atom is 0.195 e. The summed E-state index contributed by atoms with van der Waals surface area (Å²) in [4.78, 5) is 4.71. The molecular weight excluding hydrogens is 352 g/mol. The number of hydrogen-bond acceptors (Lipinski definition) is 1. The maximum absolute atomic E-state index is 4.71. The Balaban J connectivity index is 1.55. The van der Waals surface area contributed by atoms with Crippen LogP contribution in [0.2, 0.25) is 0 Å². The molecule has 5 aromatic carbocycles. The molecule has 29 heavy (non-hydrogen) atoms. The molecule has 0 radical (unpaired) electrons. The Bertz CT molecular complexity index is 1450. The van der Waals surface area contributed by atoms with Crippen molar-refractivity contribution in [3.05, 3.63) is 109 Å². The van der Waals surface area contributed by atoms with E-state index >= 15 is 0 Å². The van der Waals surface area contributed by atoms with Gasteiger partial charge in [0.1, 0.15) is 5.69 Å². The van der Waals surface area contributed by atoms with E-state index in [0.717, 1.165) is 12.2 Å². The molecule has 136 valence electrons. The van der Waals surface area contributed by atoms with E-state index in [1.807, 2.05) is 12.4 Å². The molecule has 1 heterocycles. The van der Waals surface area contributed by atoms with Crippen molar-refractivity contribution >= 4 is 32.3 Å². The topological polar surface area (TPSA) is 16.8 Å². The van der Waals surface area contributed by atoms with Crippen LogP contribution in [0.25, 0.3) is 43.6 Å². The van der Waals surface area contributed by atoms with Crippen molar-refractivity contribution in [2.75, 3.05) is 0 Å². The van der Waals surface area contributed by atoms with Crippen LogP contribution in [0.4, 0.5) is 0 Å². The van der Waals surface area contributed by atoms with Crippen LogP contribution in [0, 0.1) is 0 Å². The molecule has 0 amide bonds. The first-order chi connectivity index (χ1) is 14.4. The lowest BCUT2D eigenvalue weighted by molar-refractivity contribution is -0.688. The summed E-state index contributed by atoms with van der Waals surface area (Å²) < 4.78 is 2.20. The lowest BCUT2D eigenvalue weighted by atomic mass is 9.91. The van der Waals surface area contributed by atoms with E-state index in [9.17, 15) is 0 Å². The Morgan fingerprint density at radius 3 is 2.21 bits per heavy atom. The Morgan fingerprint density at radius 1 is 0.655 bits per heavy atom. The van der Waals surface area contributed by atoms with Crippen LogP contribution >= 0.6 is 0 Å². The first-order valence-electron chi connectivity index (χ1n) is 9.93. The lowest BCUT2D eigenvalue weighted by Gasteiger charge is -2.13. The molecule has 0 spiro atoms. The largest absolute Gasteiger partial charge is 0.244 e. The van der Waals surface area contributed by atoms with E-state index in [1.54, 1.807) is 0 Å². The molecule has 0 saturated carbocycles. The van der Waals surface area contributed by atoms with Crippen LogP contribution in [-0.2, 0) is 6.54 Å². The van der Waals surface area contributed by atoms with Gasteiger partial charge in [0.25, 0.3) is 0 Å². The van der Waals surface area contributed by atoms with Gasteiger partial charge in [0.2, 0.25) is 0 Å². The van der Waals surface area contributed by atoms with Gasteiger partial charge >= 0.3 is 0 Å². The highest BCUT2D eigenvalue weighted by molar-refractivity contribution is 6.25. The predicted molar refractivity (Wildman–Crippen MR) is 119 cm³/mol. The molecule has 0 bridgehead atoms. The third-order valence-electron chi connectivity index (χ3n) is 5.77. The highest BCUT2D eigenvalue weighted by atomic mass is 15.0. The third kappa shape index (κ3) is 2.65. The molecule has 0 unspecified atom stereocenters. The van der Waals surface area contributed by atoms with E-state index in [2.05, 4.69) is 95.7 Å². The van der Waals surface area contributed by atoms with E-state index in [-0.39, 0.29) is 0 Å². The molecule has 0 fully saturated rings. The smallest absolute Gasteiger partial charge is 0.195 e. The predicted octanol–water partition coefficient (Wildman–Crippen LogP) is 5.98. The second kappa shape index (κ2) is 6.39. The lowest BCUT2D eigenvalue weighted by Crippen LogP contribution is -2.33. The fourth-order valence-corrected chi connectivity index (χ4v) is 4.42. The summed E-state index contributed by atoms with van der Waals surface area (Å²) in [5, 5.41) is 7.80. The molecule has 0 aliphatic heterocycles. The summed E-state index contributed by atoms with van der Waals surface area (Å²) in [6.45, 7) is 0.836. The summed E-state index contributed by atoms with van der Waals surface area (Å²) >= 11 is 0. The second-order valence-corrected chi connectivity index (χ2v) is 7.57. The van der Waals surface area contributed by atoms with Gasteiger partial charge in [0.05, 0.1) is 6.20 Å². The van der Waals surface area contributed by atoms with E-state index in [1.165, 1.54) is 43.4 Å². The zero-order chi connectivity index (χ0) is 19.2. The van der Waals surface area contributed by atoms with Crippen molar-refractivity contribution in [3.8, 4) is 11.3 Å². The van der Waals surface area contributed by atoms with Crippen LogP contribution in [-0.4, -0.2) is 4.98 Å². The van der Waals surface area contributed by atoms with Crippen molar-refractivity contribution < 1.29 is 4.57 Å². The molecule has 6 aromatic rings. The van der Waals surface area contributed by atoms with Crippen LogP contribution in [0.15, 0.2) is 104 Å². The van der Waals surface area contributed by atoms with Gasteiger partial charge in [-0.3, -0.25) is 0 Å². The summed E-state index contributed by atoms with van der Waals surface area (Å²) in [7, 11) is 0. The van der Waals surface area contributed by atoms with Crippen molar-refractivity contribution in [1.29, 1.82) is 0 Å². The molecule has 0 aliphatic carbocycles. The Hall–Kier alpha value is -3.78. The van der Waals surface area contributed by atoms with Crippen LogP contribution < -0.4 is 4.57 Å². The number of nitrogens with zero attached hydrogens (tertiary/aromatic N) is 2. The molecule has 0 N–H and O–H groups in total. The zero-order valence-electron chi connectivity index (χ0n) is 15.9. The summed E-state index contributed by atoms with van der Waals surface area (Å²) in [5.41, 5.74) is 3.46. The first kappa shape index (κ1) is 16.2. The highest BCUT2D eigenvalue weighted by Crippen LogP contribution is 2.38. The molecular formula is C27H19N2+. The number of rotatable bonds is 3. The van der Waals surface area contributed by atoms with Gasteiger partial charge in [-0.1, -0.05) is 84.9 Å². The van der Waals surface area contributed by atoms with Crippen LogP contribution in [0.1, 0.15) is 5.56 Å². The molecule has 1 aromatic heterocycles. The third-order valence-corrected chi connectivity index (χ3v) is 5.77.